The number of benzene rings is 1. The summed E-state index contributed by atoms with van der Waals surface area (Å²) in [6.07, 6.45) is 17.0. The molecule has 0 aliphatic heterocycles. The van der Waals surface area contributed by atoms with Crippen LogP contribution in [0.2, 0.25) is 0 Å². The molecule has 0 radical (unpaired) electrons. The molecule has 4 rings (SSSR count). The van der Waals surface area contributed by atoms with E-state index in [0.717, 1.165) is 54.4 Å². The van der Waals surface area contributed by atoms with E-state index in [1.165, 1.54) is 50.5 Å². The average Bonchev–Trinajstić information content (AvgIpc) is 2.74. The molecule has 3 aliphatic rings. The summed E-state index contributed by atoms with van der Waals surface area (Å²) < 4.78 is 20.5. The number of hydrogen-bond acceptors (Lipinski definition) is 1. The van der Waals surface area contributed by atoms with E-state index in [9.17, 15) is 4.39 Å². The SMILES string of the molecule is C/C=C/COc1ccc2c(c1F)CCC(C1CCC3CC(CC)CCC3C1)C2. The molecule has 5 atom stereocenters. The quantitative estimate of drug-likeness (QED) is 0.491. The van der Waals surface area contributed by atoms with E-state index in [-0.39, 0.29) is 5.82 Å². The molecule has 2 heteroatoms. The lowest BCUT2D eigenvalue weighted by molar-refractivity contribution is 0.0707. The zero-order chi connectivity index (χ0) is 19.5. The summed E-state index contributed by atoms with van der Waals surface area (Å²) in [6.45, 7) is 4.76. The first kappa shape index (κ1) is 20.0. The highest BCUT2D eigenvalue weighted by Crippen LogP contribution is 2.49. The van der Waals surface area contributed by atoms with Gasteiger partial charge in [-0.3, -0.25) is 0 Å². The Morgan fingerprint density at radius 3 is 2.54 bits per heavy atom. The number of halogens is 1. The van der Waals surface area contributed by atoms with Crippen LogP contribution in [0.5, 0.6) is 5.75 Å². The Balaban J connectivity index is 1.39. The fraction of sp³-hybridized carbons (Fsp3) is 0.692. The maximum atomic E-state index is 14.9. The number of rotatable bonds is 5. The lowest BCUT2D eigenvalue weighted by Crippen LogP contribution is -2.35. The first-order chi connectivity index (χ1) is 13.7. The molecular formula is C26H37FO. The summed E-state index contributed by atoms with van der Waals surface area (Å²) in [4.78, 5) is 0. The van der Waals surface area contributed by atoms with Gasteiger partial charge in [-0.15, -0.1) is 0 Å². The van der Waals surface area contributed by atoms with Crippen LogP contribution in [0.25, 0.3) is 0 Å². The normalized spacial score (nSPS) is 32.8. The van der Waals surface area contributed by atoms with Gasteiger partial charge in [0, 0.05) is 0 Å². The Hall–Kier alpha value is -1.31. The first-order valence-corrected chi connectivity index (χ1v) is 11.7. The van der Waals surface area contributed by atoms with Gasteiger partial charge < -0.3 is 4.74 Å². The molecule has 0 saturated heterocycles. The third kappa shape index (κ3) is 4.16. The third-order valence-electron chi connectivity index (χ3n) is 8.13. The van der Waals surface area contributed by atoms with Gasteiger partial charge in [0.2, 0.25) is 0 Å². The monoisotopic (exact) mass is 384 g/mol. The van der Waals surface area contributed by atoms with Crippen LogP contribution in [-0.4, -0.2) is 6.61 Å². The van der Waals surface area contributed by atoms with Gasteiger partial charge in [-0.25, -0.2) is 4.39 Å². The molecule has 0 bridgehead atoms. The number of fused-ring (bicyclic) bond motifs is 2. The van der Waals surface area contributed by atoms with Gasteiger partial charge in [-0.1, -0.05) is 38.0 Å². The van der Waals surface area contributed by atoms with Crippen molar-refractivity contribution in [2.24, 2.45) is 29.6 Å². The van der Waals surface area contributed by atoms with Gasteiger partial charge in [-0.05, 0) is 105 Å². The van der Waals surface area contributed by atoms with Crippen LogP contribution in [0.3, 0.4) is 0 Å². The molecule has 0 spiro atoms. The van der Waals surface area contributed by atoms with E-state index < -0.39 is 0 Å². The summed E-state index contributed by atoms with van der Waals surface area (Å²) >= 11 is 0. The molecule has 28 heavy (non-hydrogen) atoms. The zero-order valence-corrected chi connectivity index (χ0v) is 17.8. The van der Waals surface area contributed by atoms with Crippen molar-refractivity contribution in [1.82, 2.24) is 0 Å². The number of ether oxygens (including phenoxy) is 1. The third-order valence-corrected chi connectivity index (χ3v) is 8.13. The van der Waals surface area contributed by atoms with E-state index in [1.54, 1.807) is 0 Å². The molecule has 0 aromatic heterocycles. The van der Waals surface area contributed by atoms with Crippen molar-refractivity contribution in [1.29, 1.82) is 0 Å². The van der Waals surface area contributed by atoms with Crippen molar-refractivity contribution in [3.8, 4) is 5.75 Å². The molecule has 3 aliphatic carbocycles. The highest BCUT2D eigenvalue weighted by Gasteiger charge is 2.38. The molecule has 1 aromatic carbocycles. The van der Waals surface area contributed by atoms with Crippen LogP contribution >= 0.6 is 0 Å². The van der Waals surface area contributed by atoms with Crippen LogP contribution in [-0.2, 0) is 12.8 Å². The maximum Gasteiger partial charge on any atom is 0.168 e. The molecule has 0 N–H and O–H groups in total. The van der Waals surface area contributed by atoms with E-state index in [2.05, 4.69) is 13.0 Å². The number of hydrogen-bond donors (Lipinski definition) is 0. The second-order valence-electron chi connectivity index (χ2n) is 9.58. The minimum absolute atomic E-state index is 0.109. The first-order valence-electron chi connectivity index (χ1n) is 11.7. The second kappa shape index (κ2) is 9.01. The second-order valence-corrected chi connectivity index (χ2v) is 9.58. The standard InChI is InChI=1S/C26H37FO/c1-3-5-14-28-25-13-11-23-17-22(10-12-24(23)26(25)27)21-9-8-19-15-18(4-2)6-7-20(19)16-21/h3,5,11,13,18-22H,4,6-10,12,14-17H2,1-2H3/b5-3+. The average molecular weight is 385 g/mol. The Morgan fingerprint density at radius 1 is 1.00 bits per heavy atom. The largest absolute Gasteiger partial charge is 0.486 e. The van der Waals surface area contributed by atoms with Crippen molar-refractivity contribution < 1.29 is 9.13 Å². The van der Waals surface area contributed by atoms with Gasteiger partial charge in [0.1, 0.15) is 6.61 Å². The van der Waals surface area contributed by atoms with Crippen LogP contribution in [0.4, 0.5) is 4.39 Å². The molecule has 0 heterocycles. The predicted molar refractivity (Wildman–Crippen MR) is 114 cm³/mol. The van der Waals surface area contributed by atoms with Crippen LogP contribution in [0.15, 0.2) is 24.3 Å². The predicted octanol–water partition coefficient (Wildman–Crippen LogP) is 7.13. The Labute approximate surface area is 170 Å². The van der Waals surface area contributed by atoms with Crippen molar-refractivity contribution in [3.05, 3.63) is 41.2 Å². The molecule has 1 nitrogen and oxygen atoms in total. The molecule has 154 valence electrons. The summed E-state index contributed by atoms with van der Waals surface area (Å²) in [5.74, 6) is 4.90. The van der Waals surface area contributed by atoms with Crippen LogP contribution in [0, 0.1) is 35.4 Å². The number of allylic oxidation sites excluding steroid dienone is 1. The Bertz CT molecular complexity index is 694. The molecule has 2 fully saturated rings. The molecule has 0 amide bonds. The molecule has 1 aromatic rings. The lowest BCUT2D eigenvalue weighted by atomic mass is 9.61. The minimum Gasteiger partial charge on any atom is -0.486 e. The summed E-state index contributed by atoms with van der Waals surface area (Å²) in [5, 5.41) is 0. The van der Waals surface area contributed by atoms with Crippen LogP contribution in [0.1, 0.15) is 76.3 Å². The van der Waals surface area contributed by atoms with Gasteiger partial charge in [0.15, 0.2) is 11.6 Å². The topological polar surface area (TPSA) is 9.23 Å². The Morgan fingerprint density at radius 2 is 1.75 bits per heavy atom. The fourth-order valence-corrected chi connectivity index (χ4v) is 6.39. The van der Waals surface area contributed by atoms with Gasteiger partial charge in [0.25, 0.3) is 0 Å². The highest BCUT2D eigenvalue weighted by atomic mass is 19.1. The van der Waals surface area contributed by atoms with Gasteiger partial charge in [0.05, 0.1) is 0 Å². The summed E-state index contributed by atoms with van der Waals surface area (Å²) in [6, 6.07) is 3.98. The molecular weight excluding hydrogens is 347 g/mol. The molecule has 5 unspecified atom stereocenters. The molecule has 2 saturated carbocycles. The van der Waals surface area contributed by atoms with E-state index in [0.29, 0.717) is 12.4 Å². The van der Waals surface area contributed by atoms with E-state index >= 15 is 0 Å². The van der Waals surface area contributed by atoms with Crippen molar-refractivity contribution in [2.75, 3.05) is 6.61 Å². The van der Waals surface area contributed by atoms with Crippen molar-refractivity contribution in [3.63, 3.8) is 0 Å². The van der Waals surface area contributed by atoms with Crippen LogP contribution < -0.4 is 4.74 Å². The minimum atomic E-state index is -0.109. The van der Waals surface area contributed by atoms with Crippen molar-refractivity contribution in [2.45, 2.75) is 78.1 Å². The van der Waals surface area contributed by atoms with Gasteiger partial charge >= 0.3 is 0 Å². The zero-order valence-electron chi connectivity index (χ0n) is 17.8. The summed E-state index contributed by atoms with van der Waals surface area (Å²) in [7, 11) is 0. The summed E-state index contributed by atoms with van der Waals surface area (Å²) in [5.41, 5.74) is 2.16. The maximum absolute atomic E-state index is 14.9. The van der Waals surface area contributed by atoms with E-state index in [1.807, 2.05) is 25.1 Å². The van der Waals surface area contributed by atoms with E-state index in [4.69, 9.17) is 4.74 Å². The highest BCUT2D eigenvalue weighted by molar-refractivity contribution is 5.39. The lowest BCUT2D eigenvalue weighted by Gasteiger charge is -2.45. The Kier molecular flexibility index (Phi) is 6.43. The van der Waals surface area contributed by atoms with Gasteiger partial charge in [-0.2, -0.15) is 0 Å². The van der Waals surface area contributed by atoms with Crippen molar-refractivity contribution >= 4 is 0 Å². The fourth-order valence-electron chi connectivity index (χ4n) is 6.39. The smallest absolute Gasteiger partial charge is 0.168 e.